The summed E-state index contributed by atoms with van der Waals surface area (Å²) in [5, 5.41) is 8.47. The summed E-state index contributed by atoms with van der Waals surface area (Å²) in [6, 6.07) is 17.9. The van der Waals surface area contributed by atoms with E-state index in [4.69, 9.17) is 5.21 Å². The number of carbonyl (C=O) groups excluding carboxylic acids is 2. The topological polar surface area (TPSA) is 72.9 Å². The zero-order chi connectivity index (χ0) is 19.8. The van der Waals surface area contributed by atoms with Crippen molar-refractivity contribution in [2.75, 3.05) is 26.2 Å². The fourth-order valence-corrected chi connectivity index (χ4v) is 3.24. The molecule has 2 N–H and O–H groups in total. The number of rotatable bonds is 6. The van der Waals surface area contributed by atoms with Crippen LogP contribution >= 0.6 is 0 Å². The van der Waals surface area contributed by atoms with E-state index in [0.717, 1.165) is 43.9 Å². The molecule has 2 aromatic carbocycles. The Morgan fingerprint density at radius 3 is 2.25 bits per heavy atom. The predicted molar refractivity (Wildman–Crippen MR) is 107 cm³/mol. The fourth-order valence-electron chi connectivity index (χ4n) is 3.24. The highest BCUT2D eigenvalue weighted by Gasteiger charge is 2.21. The molecule has 2 aromatic rings. The van der Waals surface area contributed by atoms with Crippen LogP contribution in [0.3, 0.4) is 0 Å². The molecule has 0 aromatic heterocycles. The standard InChI is InChI=1S/C22H25N3O3/c26-21(23-28)11-10-18-6-8-19(9-7-18)16-22(27)25-14-12-24(13-15-25)17-20-4-2-1-3-5-20/h1-11,28H,12-17H2,(H,23,26). The van der Waals surface area contributed by atoms with Crippen molar-refractivity contribution in [2.45, 2.75) is 13.0 Å². The summed E-state index contributed by atoms with van der Waals surface area (Å²) >= 11 is 0. The average molecular weight is 379 g/mol. The Labute approximate surface area is 165 Å². The van der Waals surface area contributed by atoms with Crippen molar-refractivity contribution in [3.63, 3.8) is 0 Å². The zero-order valence-corrected chi connectivity index (χ0v) is 15.8. The lowest BCUT2D eigenvalue weighted by atomic mass is 10.1. The van der Waals surface area contributed by atoms with Crippen LogP contribution in [0.4, 0.5) is 0 Å². The molecular formula is C22H25N3O3. The van der Waals surface area contributed by atoms with E-state index in [1.807, 2.05) is 35.2 Å². The van der Waals surface area contributed by atoms with Gasteiger partial charge in [0.1, 0.15) is 0 Å². The number of carbonyl (C=O) groups is 2. The molecule has 0 aliphatic carbocycles. The summed E-state index contributed by atoms with van der Waals surface area (Å²) in [6.45, 7) is 4.20. The molecule has 0 unspecified atom stereocenters. The highest BCUT2D eigenvalue weighted by atomic mass is 16.5. The molecule has 1 heterocycles. The molecule has 28 heavy (non-hydrogen) atoms. The first-order chi connectivity index (χ1) is 13.6. The van der Waals surface area contributed by atoms with Gasteiger partial charge in [0.15, 0.2) is 0 Å². The van der Waals surface area contributed by atoms with Crippen LogP contribution in [0.15, 0.2) is 60.7 Å². The molecule has 1 aliphatic heterocycles. The van der Waals surface area contributed by atoms with Gasteiger partial charge in [0.25, 0.3) is 5.91 Å². The summed E-state index contributed by atoms with van der Waals surface area (Å²) in [5.74, 6) is -0.437. The molecule has 6 heteroatoms. The van der Waals surface area contributed by atoms with E-state index in [9.17, 15) is 9.59 Å². The maximum Gasteiger partial charge on any atom is 0.267 e. The van der Waals surface area contributed by atoms with Gasteiger partial charge in [-0.2, -0.15) is 0 Å². The minimum Gasteiger partial charge on any atom is -0.340 e. The number of hydroxylamine groups is 1. The first-order valence-corrected chi connectivity index (χ1v) is 9.39. The summed E-state index contributed by atoms with van der Waals surface area (Å²) in [7, 11) is 0. The molecule has 0 atom stereocenters. The minimum absolute atomic E-state index is 0.141. The second kappa shape index (κ2) is 9.82. The number of piperazine rings is 1. The molecule has 0 spiro atoms. The molecule has 1 aliphatic rings. The van der Waals surface area contributed by atoms with Gasteiger partial charge < -0.3 is 4.90 Å². The molecular weight excluding hydrogens is 354 g/mol. The molecule has 6 nitrogen and oxygen atoms in total. The van der Waals surface area contributed by atoms with Crippen LogP contribution in [-0.2, 0) is 22.6 Å². The third-order valence-corrected chi connectivity index (χ3v) is 4.85. The summed E-state index contributed by atoms with van der Waals surface area (Å²) in [5.41, 5.74) is 4.62. The first kappa shape index (κ1) is 19.8. The number of hydrogen-bond donors (Lipinski definition) is 2. The van der Waals surface area contributed by atoms with E-state index in [0.29, 0.717) is 6.42 Å². The van der Waals surface area contributed by atoms with E-state index in [1.54, 1.807) is 11.6 Å². The summed E-state index contributed by atoms with van der Waals surface area (Å²) < 4.78 is 0. The highest BCUT2D eigenvalue weighted by molar-refractivity contribution is 5.90. The van der Waals surface area contributed by atoms with Crippen molar-refractivity contribution in [1.29, 1.82) is 0 Å². The molecule has 146 valence electrons. The number of hydrogen-bond acceptors (Lipinski definition) is 4. The molecule has 0 radical (unpaired) electrons. The van der Waals surface area contributed by atoms with Crippen LogP contribution in [-0.4, -0.2) is 53.0 Å². The predicted octanol–water partition coefficient (Wildman–Crippen LogP) is 2.09. The van der Waals surface area contributed by atoms with Crippen LogP contribution in [0, 0.1) is 0 Å². The van der Waals surface area contributed by atoms with Gasteiger partial charge in [-0.15, -0.1) is 0 Å². The van der Waals surface area contributed by atoms with Crippen LogP contribution < -0.4 is 5.48 Å². The Balaban J connectivity index is 1.46. The Morgan fingerprint density at radius 1 is 0.929 bits per heavy atom. The first-order valence-electron chi connectivity index (χ1n) is 9.39. The van der Waals surface area contributed by atoms with Gasteiger partial charge in [0, 0.05) is 38.8 Å². The number of nitrogens with zero attached hydrogens (tertiary/aromatic N) is 2. The van der Waals surface area contributed by atoms with Gasteiger partial charge in [-0.05, 0) is 22.8 Å². The van der Waals surface area contributed by atoms with E-state index < -0.39 is 5.91 Å². The molecule has 1 fully saturated rings. The highest BCUT2D eigenvalue weighted by Crippen LogP contribution is 2.12. The van der Waals surface area contributed by atoms with Crippen molar-refractivity contribution in [3.8, 4) is 0 Å². The summed E-state index contributed by atoms with van der Waals surface area (Å²) in [6.07, 6.45) is 3.22. The van der Waals surface area contributed by atoms with Gasteiger partial charge in [0.2, 0.25) is 5.91 Å². The second-order valence-electron chi connectivity index (χ2n) is 6.87. The summed E-state index contributed by atoms with van der Waals surface area (Å²) in [4.78, 5) is 27.9. The number of amides is 2. The number of benzene rings is 2. The quantitative estimate of drug-likeness (QED) is 0.458. The Morgan fingerprint density at radius 2 is 1.61 bits per heavy atom. The van der Waals surface area contributed by atoms with E-state index in [1.165, 1.54) is 11.6 Å². The van der Waals surface area contributed by atoms with Crippen molar-refractivity contribution >= 4 is 17.9 Å². The van der Waals surface area contributed by atoms with Crippen LogP contribution in [0.1, 0.15) is 16.7 Å². The van der Waals surface area contributed by atoms with Crippen molar-refractivity contribution in [2.24, 2.45) is 0 Å². The lowest BCUT2D eigenvalue weighted by molar-refractivity contribution is -0.132. The zero-order valence-electron chi connectivity index (χ0n) is 15.8. The average Bonchev–Trinajstić information content (AvgIpc) is 2.74. The van der Waals surface area contributed by atoms with E-state index in [2.05, 4.69) is 29.2 Å². The van der Waals surface area contributed by atoms with Crippen LogP contribution in [0.2, 0.25) is 0 Å². The van der Waals surface area contributed by atoms with Crippen molar-refractivity contribution < 1.29 is 14.8 Å². The van der Waals surface area contributed by atoms with Gasteiger partial charge in [-0.1, -0.05) is 54.6 Å². The van der Waals surface area contributed by atoms with Gasteiger partial charge in [-0.3, -0.25) is 19.7 Å². The third kappa shape index (κ3) is 5.77. The second-order valence-corrected chi connectivity index (χ2v) is 6.87. The van der Waals surface area contributed by atoms with Gasteiger partial charge in [0.05, 0.1) is 6.42 Å². The Bertz CT molecular complexity index is 811. The van der Waals surface area contributed by atoms with E-state index in [-0.39, 0.29) is 5.91 Å². The normalized spacial score (nSPS) is 15.0. The maximum absolute atomic E-state index is 12.6. The largest absolute Gasteiger partial charge is 0.340 e. The van der Waals surface area contributed by atoms with Crippen LogP contribution in [0.5, 0.6) is 0 Å². The number of nitrogens with one attached hydrogen (secondary N) is 1. The van der Waals surface area contributed by atoms with E-state index >= 15 is 0 Å². The maximum atomic E-state index is 12.6. The minimum atomic E-state index is -0.578. The molecule has 1 saturated heterocycles. The fraction of sp³-hybridized carbons (Fsp3) is 0.273. The Kier molecular flexibility index (Phi) is 6.94. The molecule has 0 bridgehead atoms. The van der Waals surface area contributed by atoms with Gasteiger partial charge >= 0.3 is 0 Å². The van der Waals surface area contributed by atoms with Crippen molar-refractivity contribution in [1.82, 2.24) is 15.3 Å². The monoisotopic (exact) mass is 379 g/mol. The third-order valence-electron chi connectivity index (χ3n) is 4.85. The van der Waals surface area contributed by atoms with Gasteiger partial charge in [-0.25, -0.2) is 5.48 Å². The SMILES string of the molecule is O=C(C=Cc1ccc(CC(=O)N2CCN(Cc3ccccc3)CC2)cc1)NO. The smallest absolute Gasteiger partial charge is 0.267 e. The molecule has 3 rings (SSSR count). The lowest BCUT2D eigenvalue weighted by Gasteiger charge is -2.34. The van der Waals surface area contributed by atoms with Crippen molar-refractivity contribution in [3.05, 3.63) is 77.4 Å². The molecule has 2 amide bonds. The lowest BCUT2D eigenvalue weighted by Crippen LogP contribution is -2.48. The van der Waals surface area contributed by atoms with Crippen LogP contribution in [0.25, 0.3) is 6.08 Å². The molecule has 0 saturated carbocycles. The Hall–Kier alpha value is -2.96.